The van der Waals surface area contributed by atoms with Gasteiger partial charge in [0.25, 0.3) is 0 Å². The Hall–Kier alpha value is -2.08. The number of methoxy groups -OCH3 is 1. The van der Waals surface area contributed by atoms with E-state index in [9.17, 15) is 14.7 Å². The zero-order chi connectivity index (χ0) is 16.4. The zero-order valence-corrected chi connectivity index (χ0v) is 13.2. The molecule has 1 aromatic carbocycles. The standard InChI is InChI=1S/C17H21NO5/c1-22-14-4-2-3-12(7-14)8-15(19)18-9-13-10-23-6-5-17(13,11-18)16(20)21/h2-4,7,13H,5-6,8-11H2,1H3,(H,20,21)/t13-,17+/m1/s1. The molecule has 0 saturated carbocycles. The Bertz CT molecular complexity index is 617. The lowest BCUT2D eigenvalue weighted by Crippen LogP contribution is -2.45. The lowest BCUT2D eigenvalue weighted by molar-refractivity contribution is -0.157. The van der Waals surface area contributed by atoms with Gasteiger partial charge in [0.1, 0.15) is 5.75 Å². The number of carboxylic acid groups (broad SMARTS) is 1. The number of ether oxygens (including phenoxy) is 2. The van der Waals surface area contributed by atoms with Gasteiger partial charge in [-0.15, -0.1) is 0 Å². The Morgan fingerprint density at radius 3 is 3.00 bits per heavy atom. The van der Waals surface area contributed by atoms with Crippen molar-refractivity contribution in [2.24, 2.45) is 11.3 Å². The number of rotatable bonds is 4. The summed E-state index contributed by atoms with van der Waals surface area (Å²) in [5, 5.41) is 9.65. The monoisotopic (exact) mass is 319 g/mol. The van der Waals surface area contributed by atoms with E-state index in [0.29, 0.717) is 31.9 Å². The van der Waals surface area contributed by atoms with Gasteiger partial charge in [0.05, 0.1) is 25.6 Å². The van der Waals surface area contributed by atoms with Crippen LogP contribution in [0.4, 0.5) is 0 Å². The number of hydrogen-bond donors (Lipinski definition) is 1. The first kappa shape index (κ1) is 15.8. The highest BCUT2D eigenvalue weighted by Gasteiger charge is 2.54. The Balaban J connectivity index is 1.72. The molecule has 0 spiro atoms. The van der Waals surface area contributed by atoms with Crippen LogP contribution in [0.25, 0.3) is 0 Å². The molecule has 1 N–H and O–H groups in total. The number of carboxylic acids is 1. The van der Waals surface area contributed by atoms with Crippen LogP contribution in [0.15, 0.2) is 24.3 Å². The van der Waals surface area contributed by atoms with Gasteiger partial charge in [-0.25, -0.2) is 0 Å². The highest BCUT2D eigenvalue weighted by molar-refractivity contribution is 5.82. The van der Waals surface area contributed by atoms with Crippen LogP contribution >= 0.6 is 0 Å². The van der Waals surface area contributed by atoms with Crippen LogP contribution < -0.4 is 4.74 Å². The van der Waals surface area contributed by atoms with Crippen LogP contribution in [0.3, 0.4) is 0 Å². The van der Waals surface area contributed by atoms with Crippen LogP contribution in [0, 0.1) is 11.3 Å². The third-order valence-electron chi connectivity index (χ3n) is 4.97. The third kappa shape index (κ3) is 2.91. The second-order valence-electron chi connectivity index (χ2n) is 6.29. The maximum Gasteiger partial charge on any atom is 0.311 e. The summed E-state index contributed by atoms with van der Waals surface area (Å²) in [4.78, 5) is 26.0. The van der Waals surface area contributed by atoms with E-state index in [4.69, 9.17) is 9.47 Å². The maximum absolute atomic E-state index is 12.6. The van der Waals surface area contributed by atoms with E-state index in [0.717, 1.165) is 5.56 Å². The number of carbonyl (C=O) groups is 2. The molecule has 2 aliphatic heterocycles. The van der Waals surface area contributed by atoms with Gasteiger partial charge in [-0.1, -0.05) is 12.1 Å². The van der Waals surface area contributed by atoms with Gasteiger partial charge in [0.15, 0.2) is 0 Å². The van der Waals surface area contributed by atoms with E-state index in [1.54, 1.807) is 12.0 Å². The van der Waals surface area contributed by atoms with E-state index in [2.05, 4.69) is 0 Å². The van der Waals surface area contributed by atoms with Gasteiger partial charge < -0.3 is 19.5 Å². The molecule has 2 aliphatic rings. The number of fused-ring (bicyclic) bond motifs is 1. The number of aliphatic carboxylic acids is 1. The molecular formula is C17H21NO5. The highest BCUT2D eigenvalue weighted by Crippen LogP contribution is 2.42. The number of likely N-dealkylation sites (tertiary alicyclic amines) is 1. The molecule has 6 heteroatoms. The first-order valence-corrected chi connectivity index (χ1v) is 7.77. The van der Waals surface area contributed by atoms with Crippen molar-refractivity contribution in [1.82, 2.24) is 4.90 Å². The van der Waals surface area contributed by atoms with Crippen molar-refractivity contribution < 1.29 is 24.2 Å². The predicted octanol–water partition coefficient (Wildman–Crippen LogP) is 1.19. The van der Waals surface area contributed by atoms with Crippen molar-refractivity contribution in [2.75, 3.05) is 33.4 Å². The number of nitrogens with zero attached hydrogens (tertiary/aromatic N) is 1. The molecule has 124 valence electrons. The minimum Gasteiger partial charge on any atom is -0.497 e. The van der Waals surface area contributed by atoms with Crippen molar-refractivity contribution in [2.45, 2.75) is 12.8 Å². The number of amides is 1. The minimum absolute atomic E-state index is 0.0479. The molecule has 23 heavy (non-hydrogen) atoms. The molecule has 2 heterocycles. The molecule has 0 bridgehead atoms. The normalized spacial score (nSPS) is 26.7. The minimum atomic E-state index is -0.845. The van der Waals surface area contributed by atoms with Crippen molar-refractivity contribution >= 4 is 11.9 Å². The SMILES string of the molecule is COc1cccc(CC(=O)N2C[C@@H]3COCC[C@]3(C(=O)O)C2)c1. The van der Waals surface area contributed by atoms with Crippen LogP contribution in [0.1, 0.15) is 12.0 Å². The van der Waals surface area contributed by atoms with Crippen LogP contribution in [-0.4, -0.2) is 55.3 Å². The van der Waals surface area contributed by atoms with Crippen molar-refractivity contribution in [3.05, 3.63) is 29.8 Å². The Labute approximate surface area is 135 Å². The molecule has 2 saturated heterocycles. The molecule has 6 nitrogen and oxygen atoms in total. The number of carbonyl (C=O) groups excluding carboxylic acids is 1. The van der Waals surface area contributed by atoms with Gasteiger partial charge in [0, 0.05) is 25.6 Å². The van der Waals surface area contributed by atoms with Crippen LogP contribution in [0.2, 0.25) is 0 Å². The molecule has 0 aromatic heterocycles. The molecule has 0 aliphatic carbocycles. The van der Waals surface area contributed by atoms with Crippen LogP contribution in [0.5, 0.6) is 5.75 Å². The fourth-order valence-corrected chi connectivity index (χ4v) is 3.56. The Morgan fingerprint density at radius 1 is 1.48 bits per heavy atom. The van der Waals surface area contributed by atoms with E-state index in [1.165, 1.54) is 0 Å². The fraction of sp³-hybridized carbons (Fsp3) is 0.529. The van der Waals surface area contributed by atoms with E-state index in [1.807, 2.05) is 24.3 Å². The molecule has 0 radical (unpaired) electrons. The summed E-state index contributed by atoms with van der Waals surface area (Å²) in [6.45, 7) is 1.59. The van der Waals surface area contributed by atoms with Crippen molar-refractivity contribution in [3.8, 4) is 5.75 Å². The van der Waals surface area contributed by atoms with Gasteiger partial charge in [-0.2, -0.15) is 0 Å². The maximum atomic E-state index is 12.6. The number of hydrogen-bond acceptors (Lipinski definition) is 4. The average Bonchev–Trinajstić information content (AvgIpc) is 2.96. The first-order valence-electron chi connectivity index (χ1n) is 7.77. The van der Waals surface area contributed by atoms with Gasteiger partial charge in [0.2, 0.25) is 5.91 Å². The molecular weight excluding hydrogens is 298 g/mol. The summed E-state index contributed by atoms with van der Waals surface area (Å²) < 4.78 is 10.6. The summed E-state index contributed by atoms with van der Waals surface area (Å²) in [6, 6.07) is 7.38. The molecule has 1 amide bonds. The van der Waals surface area contributed by atoms with E-state index >= 15 is 0 Å². The van der Waals surface area contributed by atoms with Crippen LogP contribution in [-0.2, 0) is 20.7 Å². The summed E-state index contributed by atoms with van der Waals surface area (Å²) in [5.74, 6) is -0.278. The van der Waals surface area contributed by atoms with Crippen molar-refractivity contribution in [1.29, 1.82) is 0 Å². The predicted molar refractivity (Wildman–Crippen MR) is 82.3 cm³/mol. The molecule has 1 aromatic rings. The molecule has 0 unspecified atom stereocenters. The van der Waals surface area contributed by atoms with E-state index < -0.39 is 11.4 Å². The largest absolute Gasteiger partial charge is 0.497 e. The first-order chi connectivity index (χ1) is 11.0. The molecule has 2 fully saturated rings. The van der Waals surface area contributed by atoms with Crippen molar-refractivity contribution in [3.63, 3.8) is 0 Å². The topological polar surface area (TPSA) is 76.1 Å². The molecule has 2 atom stereocenters. The second kappa shape index (κ2) is 6.20. The van der Waals surface area contributed by atoms with Gasteiger partial charge >= 0.3 is 5.97 Å². The lowest BCUT2D eigenvalue weighted by Gasteiger charge is -2.33. The average molecular weight is 319 g/mol. The van der Waals surface area contributed by atoms with E-state index in [-0.39, 0.29) is 24.8 Å². The summed E-state index contributed by atoms with van der Waals surface area (Å²) in [5.41, 5.74) is 0.0206. The summed E-state index contributed by atoms with van der Waals surface area (Å²) in [6.07, 6.45) is 0.719. The second-order valence-corrected chi connectivity index (χ2v) is 6.29. The Kier molecular flexibility index (Phi) is 4.26. The summed E-state index contributed by atoms with van der Waals surface area (Å²) >= 11 is 0. The van der Waals surface area contributed by atoms with Gasteiger partial charge in [-0.3, -0.25) is 9.59 Å². The summed E-state index contributed by atoms with van der Waals surface area (Å²) in [7, 11) is 1.59. The highest BCUT2D eigenvalue weighted by atomic mass is 16.5. The lowest BCUT2D eigenvalue weighted by atomic mass is 9.74. The Morgan fingerprint density at radius 2 is 2.30 bits per heavy atom. The van der Waals surface area contributed by atoms with Gasteiger partial charge in [-0.05, 0) is 24.1 Å². The smallest absolute Gasteiger partial charge is 0.311 e. The fourth-order valence-electron chi connectivity index (χ4n) is 3.56. The molecule has 3 rings (SSSR count). The third-order valence-corrected chi connectivity index (χ3v) is 4.97. The zero-order valence-electron chi connectivity index (χ0n) is 13.2. The number of benzene rings is 1. The quantitative estimate of drug-likeness (QED) is 0.902.